The highest BCUT2D eigenvalue weighted by Crippen LogP contribution is 2.31. The van der Waals surface area contributed by atoms with E-state index in [1.54, 1.807) is 28.9 Å². The number of anilines is 1. The molecule has 0 aromatic carbocycles. The molecule has 18 heavy (non-hydrogen) atoms. The first kappa shape index (κ1) is 11.4. The number of aromatic nitrogens is 2. The van der Waals surface area contributed by atoms with Crippen LogP contribution >= 0.6 is 22.7 Å². The monoisotopic (exact) mass is 273 g/mol. The Morgan fingerprint density at radius 1 is 1.22 bits per heavy atom. The van der Waals surface area contributed by atoms with Crippen LogP contribution in [0.4, 0.5) is 5.13 Å². The fraction of sp³-hybridized carbons (Fsp3) is 0.0769. The molecule has 3 nitrogen and oxygen atoms in total. The lowest BCUT2D eigenvalue weighted by atomic mass is 10.1. The minimum Gasteiger partial charge on any atom is -0.375 e. The van der Waals surface area contributed by atoms with Crippen molar-refractivity contribution in [1.29, 1.82) is 0 Å². The summed E-state index contributed by atoms with van der Waals surface area (Å²) in [6.45, 7) is 0. The van der Waals surface area contributed by atoms with E-state index in [1.807, 2.05) is 18.3 Å². The molecule has 0 aliphatic heterocycles. The molecule has 0 radical (unpaired) electrons. The summed E-state index contributed by atoms with van der Waals surface area (Å²) in [5.41, 5.74) is 7.82. The predicted molar refractivity (Wildman–Crippen MR) is 76.9 cm³/mol. The zero-order valence-electron chi connectivity index (χ0n) is 9.54. The van der Waals surface area contributed by atoms with Crippen LogP contribution in [-0.4, -0.2) is 9.97 Å². The maximum atomic E-state index is 5.84. The second-order valence-corrected chi connectivity index (χ2v) is 5.97. The zero-order valence-corrected chi connectivity index (χ0v) is 11.2. The van der Waals surface area contributed by atoms with E-state index >= 15 is 0 Å². The van der Waals surface area contributed by atoms with E-state index in [1.165, 1.54) is 9.75 Å². The molecular weight excluding hydrogens is 262 g/mol. The van der Waals surface area contributed by atoms with Gasteiger partial charge in [-0.25, -0.2) is 4.98 Å². The number of pyridine rings is 1. The van der Waals surface area contributed by atoms with Gasteiger partial charge in [-0.1, -0.05) is 6.07 Å². The Kier molecular flexibility index (Phi) is 3.08. The van der Waals surface area contributed by atoms with Crippen molar-refractivity contribution >= 4 is 27.8 Å². The Bertz CT molecular complexity index is 630. The molecule has 3 heterocycles. The number of hydrogen-bond acceptors (Lipinski definition) is 5. The van der Waals surface area contributed by atoms with E-state index < -0.39 is 0 Å². The van der Waals surface area contributed by atoms with Gasteiger partial charge < -0.3 is 5.73 Å². The summed E-state index contributed by atoms with van der Waals surface area (Å²) < 4.78 is 0. The molecule has 3 aromatic heterocycles. The van der Waals surface area contributed by atoms with Crippen LogP contribution < -0.4 is 5.73 Å². The average Bonchev–Trinajstić information content (AvgIpc) is 3.01. The fourth-order valence-electron chi connectivity index (χ4n) is 1.79. The summed E-state index contributed by atoms with van der Waals surface area (Å²) in [6, 6.07) is 8.13. The molecule has 3 aromatic rings. The van der Waals surface area contributed by atoms with Crippen LogP contribution in [0.1, 0.15) is 9.75 Å². The lowest BCUT2D eigenvalue weighted by Gasteiger charge is -2.00. The van der Waals surface area contributed by atoms with Crippen molar-refractivity contribution in [3.63, 3.8) is 0 Å². The van der Waals surface area contributed by atoms with Crippen LogP contribution in [0.25, 0.3) is 11.3 Å². The van der Waals surface area contributed by atoms with Gasteiger partial charge in [0.05, 0.1) is 5.69 Å². The highest BCUT2D eigenvalue weighted by molar-refractivity contribution is 7.16. The summed E-state index contributed by atoms with van der Waals surface area (Å²) in [5.74, 6) is 0. The highest BCUT2D eigenvalue weighted by atomic mass is 32.1. The number of rotatable bonds is 3. The zero-order chi connectivity index (χ0) is 12.4. The van der Waals surface area contributed by atoms with E-state index in [2.05, 4.69) is 27.5 Å². The van der Waals surface area contributed by atoms with Crippen molar-refractivity contribution in [2.45, 2.75) is 6.42 Å². The lowest BCUT2D eigenvalue weighted by molar-refractivity contribution is 1.25. The van der Waals surface area contributed by atoms with E-state index in [0.29, 0.717) is 5.13 Å². The SMILES string of the molecule is Nc1nc(-c2cccnc2)c(Cc2cccs2)s1. The van der Waals surface area contributed by atoms with Crippen LogP contribution in [0, 0.1) is 0 Å². The van der Waals surface area contributed by atoms with Gasteiger partial charge in [0.1, 0.15) is 0 Å². The Morgan fingerprint density at radius 2 is 2.17 bits per heavy atom. The molecular formula is C13H11N3S2. The standard InChI is InChI=1S/C13H11N3S2/c14-13-16-12(9-3-1-5-15-8-9)11(18-13)7-10-4-2-6-17-10/h1-6,8H,7H2,(H2,14,16). The number of nitrogens with two attached hydrogens (primary N) is 1. The van der Waals surface area contributed by atoms with Gasteiger partial charge >= 0.3 is 0 Å². The summed E-state index contributed by atoms with van der Waals surface area (Å²) in [7, 11) is 0. The van der Waals surface area contributed by atoms with Crippen molar-refractivity contribution in [1.82, 2.24) is 9.97 Å². The molecule has 90 valence electrons. The molecule has 0 bridgehead atoms. The quantitative estimate of drug-likeness (QED) is 0.795. The molecule has 3 rings (SSSR count). The van der Waals surface area contributed by atoms with Crippen LogP contribution in [-0.2, 0) is 6.42 Å². The van der Waals surface area contributed by atoms with Crippen LogP contribution in [0.2, 0.25) is 0 Å². The molecule has 0 amide bonds. The smallest absolute Gasteiger partial charge is 0.180 e. The third-order valence-corrected chi connectivity index (χ3v) is 4.32. The van der Waals surface area contributed by atoms with E-state index in [0.717, 1.165) is 17.7 Å². The molecule has 5 heteroatoms. The van der Waals surface area contributed by atoms with Crippen molar-refractivity contribution in [3.8, 4) is 11.3 Å². The molecule has 0 saturated carbocycles. The van der Waals surface area contributed by atoms with Crippen molar-refractivity contribution in [2.75, 3.05) is 5.73 Å². The topological polar surface area (TPSA) is 51.8 Å². The molecule has 0 saturated heterocycles. The fourth-order valence-corrected chi connectivity index (χ4v) is 3.47. The van der Waals surface area contributed by atoms with E-state index in [-0.39, 0.29) is 0 Å². The normalized spacial score (nSPS) is 10.7. The van der Waals surface area contributed by atoms with Gasteiger partial charge in [-0.3, -0.25) is 4.98 Å². The second kappa shape index (κ2) is 4.88. The van der Waals surface area contributed by atoms with Crippen molar-refractivity contribution in [2.24, 2.45) is 0 Å². The maximum absolute atomic E-state index is 5.84. The first-order chi connectivity index (χ1) is 8.83. The first-order valence-electron chi connectivity index (χ1n) is 5.51. The van der Waals surface area contributed by atoms with Gasteiger partial charge in [-0.05, 0) is 23.6 Å². The molecule has 0 aliphatic carbocycles. The summed E-state index contributed by atoms with van der Waals surface area (Å²) in [5, 5.41) is 2.70. The molecule has 0 unspecified atom stereocenters. The second-order valence-electron chi connectivity index (χ2n) is 3.82. The van der Waals surface area contributed by atoms with Crippen LogP contribution in [0.5, 0.6) is 0 Å². The van der Waals surface area contributed by atoms with Crippen LogP contribution in [0.15, 0.2) is 42.0 Å². The van der Waals surface area contributed by atoms with Crippen molar-refractivity contribution in [3.05, 3.63) is 51.8 Å². The molecule has 0 fully saturated rings. The van der Waals surface area contributed by atoms with E-state index in [4.69, 9.17) is 5.73 Å². The minimum absolute atomic E-state index is 0.611. The Morgan fingerprint density at radius 3 is 2.89 bits per heavy atom. The number of nitrogen functional groups attached to an aromatic ring is 1. The third-order valence-electron chi connectivity index (χ3n) is 2.56. The van der Waals surface area contributed by atoms with Gasteiger partial charge in [0.2, 0.25) is 0 Å². The Labute approximate surface area is 113 Å². The number of thiazole rings is 1. The minimum atomic E-state index is 0.611. The molecule has 0 aliphatic rings. The maximum Gasteiger partial charge on any atom is 0.180 e. The molecule has 2 N–H and O–H groups in total. The summed E-state index contributed by atoms with van der Waals surface area (Å²) in [6.07, 6.45) is 4.47. The van der Waals surface area contributed by atoms with Gasteiger partial charge in [0.15, 0.2) is 5.13 Å². The van der Waals surface area contributed by atoms with Gasteiger partial charge in [0.25, 0.3) is 0 Å². The number of thiophene rings is 1. The van der Waals surface area contributed by atoms with Crippen LogP contribution in [0.3, 0.4) is 0 Å². The molecule has 0 spiro atoms. The lowest BCUT2D eigenvalue weighted by Crippen LogP contribution is -1.87. The average molecular weight is 273 g/mol. The predicted octanol–water partition coefficient (Wildman–Crippen LogP) is 3.44. The molecule has 0 atom stereocenters. The summed E-state index contributed by atoms with van der Waals surface area (Å²) in [4.78, 5) is 11.1. The van der Waals surface area contributed by atoms with Crippen molar-refractivity contribution < 1.29 is 0 Å². The summed E-state index contributed by atoms with van der Waals surface area (Å²) >= 11 is 3.31. The first-order valence-corrected chi connectivity index (χ1v) is 7.20. The Balaban J connectivity index is 2.00. The van der Waals surface area contributed by atoms with Gasteiger partial charge in [-0.2, -0.15) is 0 Å². The number of nitrogens with zero attached hydrogens (tertiary/aromatic N) is 2. The number of hydrogen-bond donors (Lipinski definition) is 1. The highest BCUT2D eigenvalue weighted by Gasteiger charge is 2.12. The third kappa shape index (κ3) is 2.27. The van der Waals surface area contributed by atoms with Gasteiger partial charge in [-0.15, -0.1) is 22.7 Å². The largest absolute Gasteiger partial charge is 0.375 e. The van der Waals surface area contributed by atoms with E-state index in [9.17, 15) is 0 Å². The Hall–Kier alpha value is -1.72. The van der Waals surface area contributed by atoms with Gasteiger partial charge in [0, 0.05) is 34.1 Å².